The number of amidine groups is 1. The standard InChI is InChI=1S/C11H16N4OS/c1-8-3-2-4-9(7-8)16-5-6-17-11(14)15-10(12)13/h2-4,7H,5-6H2,1H3,(H5,12,13,14,15). The highest BCUT2D eigenvalue weighted by atomic mass is 32.2. The lowest BCUT2D eigenvalue weighted by Gasteiger charge is -2.05. The minimum atomic E-state index is -0.0953. The largest absolute Gasteiger partial charge is 0.493 e. The molecule has 1 aromatic rings. The molecule has 0 aliphatic heterocycles. The van der Waals surface area contributed by atoms with E-state index in [0.29, 0.717) is 12.4 Å². The van der Waals surface area contributed by atoms with Gasteiger partial charge >= 0.3 is 0 Å². The SMILES string of the molecule is Cc1cccc(OCCSC(=N)N=C(N)N)c1. The number of thioether (sulfide) groups is 1. The first-order valence-corrected chi connectivity index (χ1v) is 6.07. The van der Waals surface area contributed by atoms with Crippen molar-refractivity contribution in [3.05, 3.63) is 29.8 Å². The third-order valence-corrected chi connectivity index (χ3v) is 2.55. The molecule has 0 fully saturated rings. The van der Waals surface area contributed by atoms with Gasteiger partial charge in [0.1, 0.15) is 5.75 Å². The molecular formula is C11H16N4OS. The Morgan fingerprint density at radius 3 is 2.88 bits per heavy atom. The van der Waals surface area contributed by atoms with Gasteiger partial charge in [0.25, 0.3) is 0 Å². The summed E-state index contributed by atoms with van der Waals surface area (Å²) in [5.41, 5.74) is 11.5. The molecule has 0 heterocycles. The van der Waals surface area contributed by atoms with Gasteiger partial charge in [-0.1, -0.05) is 23.9 Å². The molecule has 5 N–H and O–H groups in total. The molecule has 0 aliphatic carbocycles. The number of benzene rings is 1. The third-order valence-electron chi connectivity index (χ3n) is 1.81. The van der Waals surface area contributed by atoms with Gasteiger partial charge in [-0.25, -0.2) is 0 Å². The van der Waals surface area contributed by atoms with E-state index in [1.807, 2.05) is 31.2 Å². The van der Waals surface area contributed by atoms with E-state index < -0.39 is 0 Å². The molecule has 0 bridgehead atoms. The van der Waals surface area contributed by atoms with Gasteiger partial charge in [0.2, 0.25) is 0 Å². The Hall–Kier alpha value is -1.69. The summed E-state index contributed by atoms with van der Waals surface area (Å²) in [5.74, 6) is 1.37. The number of hydrogen-bond acceptors (Lipinski definition) is 3. The van der Waals surface area contributed by atoms with Crippen molar-refractivity contribution in [1.29, 1.82) is 5.41 Å². The van der Waals surface area contributed by atoms with Crippen LogP contribution in [0.4, 0.5) is 0 Å². The van der Waals surface area contributed by atoms with Gasteiger partial charge in [0.05, 0.1) is 6.61 Å². The zero-order valence-corrected chi connectivity index (χ0v) is 10.5. The predicted octanol–water partition coefficient (Wildman–Crippen LogP) is 1.32. The van der Waals surface area contributed by atoms with Crippen LogP contribution in [0.25, 0.3) is 0 Å². The fraction of sp³-hybridized carbons (Fsp3) is 0.273. The monoisotopic (exact) mass is 252 g/mol. The zero-order valence-electron chi connectivity index (χ0n) is 9.64. The Balaban J connectivity index is 2.25. The Kier molecular flexibility index (Phi) is 5.35. The molecule has 1 aromatic carbocycles. The molecule has 0 radical (unpaired) electrons. The first kappa shape index (κ1) is 13.4. The van der Waals surface area contributed by atoms with E-state index in [0.717, 1.165) is 11.3 Å². The molecule has 1 rings (SSSR count). The Labute approximate surface area is 105 Å². The summed E-state index contributed by atoms with van der Waals surface area (Å²) in [4.78, 5) is 3.60. The number of ether oxygens (including phenoxy) is 1. The van der Waals surface area contributed by atoms with E-state index >= 15 is 0 Å². The summed E-state index contributed by atoms with van der Waals surface area (Å²) in [5, 5.41) is 7.49. The summed E-state index contributed by atoms with van der Waals surface area (Å²) in [6.45, 7) is 2.52. The number of aryl methyl sites for hydroxylation is 1. The van der Waals surface area contributed by atoms with E-state index in [1.54, 1.807) is 0 Å². The fourth-order valence-electron chi connectivity index (χ4n) is 1.15. The van der Waals surface area contributed by atoms with Gasteiger partial charge in [-0.05, 0) is 24.6 Å². The molecule has 0 spiro atoms. The summed E-state index contributed by atoms with van der Waals surface area (Å²) >= 11 is 1.24. The van der Waals surface area contributed by atoms with Crippen LogP contribution >= 0.6 is 11.8 Å². The maximum Gasteiger partial charge on any atom is 0.193 e. The predicted molar refractivity (Wildman–Crippen MR) is 72.7 cm³/mol. The van der Waals surface area contributed by atoms with Crippen molar-refractivity contribution in [3.8, 4) is 5.75 Å². The summed E-state index contributed by atoms with van der Waals surface area (Å²) < 4.78 is 5.51. The van der Waals surface area contributed by atoms with Gasteiger partial charge in [-0.2, -0.15) is 4.99 Å². The van der Waals surface area contributed by atoms with Gasteiger partial charge in [0, 0.05) is 5.75 Å². The Morgan fingerprint density at radius 2 is 2.24 bits per heavy atom. The number of nitrogens with two attached hydrogens (primary N) is 2. The molecule has 0 aliphatic rings. The summed E-state index contributed by atoms with van der Waals surface area (Å²) in [7, 11) is 0. The van der Waals surface area contributed by atoms with Crippen LogP contribution in [-0.4, -0.2) is 23.5 Å². The molecule has 5 nitrogen and oxygen atoms in total. The lowest BCUT2D eigenvalue weighted by molar-refractivity contribution is 0.344. The van der Waals surface area contributed by atoms with Crippen LogP contribution in [-0.2, 0) is 0 Å². The highest BCUT2D eigenvalue weighted by molar-refractivity contribution is 8.13. The van der Waals surface area contributed by atoms with Crippen molar-refractivity contribution >= 4 is 22.9 Å². The lowest BCUT2D eigenvalue weighted by Crippen LogP contribution is -2.23. The van der Waals surface area contributed by atoms with Gasteiger partial charge in [-0.3, -0.25) is 5.41 Å². The average molecular weight is 252 g/mol. The minimum absolute atomic E-state index is 0.0952. The molecule has 6 heteroatoms. The third kappa shape index (κ3) is 5.82. The molecule has 0 atom stereocenters. The topological polar surface area (TPSA) is 97.5 Å². The van der Waals surface area contributed by atoms with E-state index in [2.05, 4.69) is 4.99 Å². The van der Waals surface area contributed by atoms with Crippen LogP contribution in [0.5, 0.6) is 5.75 Å². The second-order valence-corrected chi connectivity index (χ2v) is 4.44. The van der Waals surface area contributed by atoms with E-state index in [-0.39, 0.29) is 11.1 Å². The average Bonchev–Trinajstić information content (AvgIpc) is 2.23. The van der Waals surface area contributed by atoms with Gasteiger partial charge in [-0.15, -0.1) is 0 Å². The van der Waals surface area contributed by atoms with Crippen molar-refractivity contribution in [2.75, 3.05) is 12.4 Å². The maximum atomic E-state index is 7.40. The summed E-state index contributed by atoms with van der Waals surface area (Å²) in [6.07, 6.45) is 0. The van der Waals surface area contributed by atoms with Gasteiger partial charge in [0.15, 0.2) is 11.1 Å². The molecule has 0 saturated carbocycles. The Bertz CT molecular complexity index is 416. The highest BCUT2D eigenvalue weighted by Gasteiger charge is 1.98. The second-order valence-electron chi connectivity index (χ2n) is 3.36. The van der Waals surface area contributed by atoms with Crippen LogP contribution in [0, 0.1) is 12.3 Å². The number of nitrogens with one attached hydrogen (secondary N) is 1. The van der Waals surface area contributed by atoms with Crippen molar-refractivity contribution in [2.24, 2.45) is 16.5 Å². The van der Waals surface area contributed by atoms with E-state index in [9.17, 15) is 0 Å². The number of nitrogens with zero attached hydrogens (tertiary/aromatic N) is 1. The molecule has 0 aromatic heterocycles. The van der Waals surface area contributed by atoms with Crippen molar-refractivity contribution < 1.29 is 4.74 Å². The molecule has 92 valence electrons. The normalized spacial score (nSPS) is 9.71. The number of hydrogen-bond donors (Lipinski definition) is 3. The van der Waals surface area contributed by atoms with E-state index in [4.69, 9.17) is 21.6 Å². The first-order chi connectivity index (χ1) is 8.08. The smallest absolute Gasteiger partial charge is 0.193 e. The van der Waals surface area contributed by atoms with Crippen LogP contribution in [0.1, 0.15) is 5.56 Å². The van der Waals surface area contributed by atoms with Crippen molar-refractivity contribution in [3.63, 3.8) is 0 Å². The lowest BCUT2D eigenvalue weighted by atomic mass is 10.2. The van der Waals surface area contributed by atoms with Crippen molar-refractivity contribution in [2.45, 2.75) is 6.92 Å². The number of rotatable bonds is 4. The van der Waals surface area contributed by atoms with Crippen molar-refractivity contribution in [1.82, 2.24) is 0 Å². The van der Waals surface area contributed by atoms with Gasteiger partial charge < -0.3 is 16.2 Å². The van der Waals surface area contributed by atoms with Crippen LogP contribution < -0.4 is 16.2 Å². The zero-order chi connectivity index (χ0) is 12.7. The molecule has 0 amide bonds. The Morgan fingerprint density at radius 1 is 1.47 bits per heavy atom. The fourth-order valence-corrected chi connectivity index (χ4v) is 1.68. The summed E-state index contributed by atoms with van der Waals surface area (Å²) in [6, 6.07) is 7.82. The highest BCUT2D eigenvalue weighted by Crippen LogP contribution is 2.13. The first-order valence-electron chi connectivity index (χ1n) is 5.08. The number of aliphatic imine (C=N–C) groups is 1. The van der Waals surface area contributed by atoms with Crippen LogP contribution in [0.2, 0.25) is 0 Å². The molecule has 0 unspecified atom stereocenters. The van der Waals surface area contributed by atoms with E-state index in [1.165, 1.54) is 11.8 Å². The maximum absolute atomic E-state index is 7.40. The van der Waals surface area contributed by atoms with Crippen LogP contribution in [0.15, 0.2) is 29.3 Å². The quantitative estimate of drug-likeness (QED) is 0.427. The van der Waals surface area contributed by atoms with Crippen LogP contribution in [0.3, 0.4) is 0 Å². The molecular weight excluding hydrogens is 236 g/mol. The minimum Gasteiger partial charge on any atom is -0.493 e. The number of guanidine groups is 1. The second kappa shape index (κ2) is 6.80. The molecule has 17 heavy (non-hydrogen) atoms. The molecule has 0 saturated heterocycles.